The Labute approximate surface area is 127 Å². The van der Waals surface area contributed by atoms with Crippen molar-refractivity contribution in [3.8, 4) is 0 Å². The maximum absolute atomic E-state index is 4.31. The molecule has 2 aromatic rings. The summed E-state index contributed by atoms with van der Waals surface area (Å²) in [6.45, 7) is 9.23. The summed E-state index contributed by atoms with van der Waals surface area (Å²) < 4.78 is 0. The minimum Gasteiger partial charge on any atom is -0.328 e. The predicted octanol–water partition coefficient (Wildman–Crippen LogP) is 3.44. The van der Waals surface area contributed by atoms with Crippen LogP contribution in [0.2, 0.25) is 0 Å². The summed E-state index contributed by atoms with van der Waals surface area (Å²) in [7, 11) is 2.00. The average molecular weight is 284 g/mol. The Kier molecular flexibility index (Phi) is 4.58. The fourth-order valence-electron chi connectivity index (χ4n) is 1.88. The molecule has 0 atom stereocenters. The van der Waals surface area contributed by atoms with E-state index in [1.54, 1.807) is 0 Å². The zero-order valence-electron chi connectivity index (χ0n) is 13.5. The number of rotatable bonds is 4. The van der Waals surface area contributed by atoms with Crippen LogP contribution < -0.4 is 10.2 Å². The van der Waals surface area contributed by atoms with Crippen molar-refractivity contribution in [1.29, 1.82) is 0 Å². The van der Waals surface area contributed by atoms with Crippen molar-refractivity contribution in [2.75, 3.05) is 11.9 Å². The standard InChI is InChI=1S/C17H24N4/c1-13-6-9-15(10-7-13)21(5)16-11-8-14(19-20-16)12-18-17(2,3)4/h6-11,18H,12H2,1-5H3. The van der Waals surface area contributed by atoms with Crippen LogP contribution in [-0.4, -0.2) is 22.8 Å². The minimum atomic E-state index is 0.0824. The van der Waals surface area contributed by atoms with Gasteiger partial charge >= 0.3 is 0 Å². The zero-order chi connectivity index (χ0) is 15.5. The van der Waals surface area contributed by atoms with Gasteiger partial charge in [0.25, 0.3) is 0 Å². The number of benzene rings is 1. The second-order valence-corrected chi connectivity index (χ2v) is 6.38. The quantitative estimate of drug-likeness (QED) is 0.933. The van der Waals surface area contributed by atoms with E-state index in [9.17, 15) is 0 Å². The number of aromatic nitrogens is 2. The Morgan fingerprint density at radius 2 is 1.67 bits per heavy atom. The van der Waals surface area contributed by atoms with Crippen LogP contribution in [0.5, 0.6) is 0 Å². The van der Waals surface area contributed by atoms with Crippen molar-refractivity contribution in [2.45, 2.75) is 39.8 Å². The van der Waals surface area contributed by atoms with E-state index >= 15 is 0 Å². The van der Waals surface area contributed by atoms with E-state index in [1.807, 2.05) is 24.1 Å². The summed E-state index contributed by atoms with van der Waals surface area (Å²) in [4.78, 5) is 2.04. The third kappa shape index (κ3) is 4.53. The van der Waals surface area contributed by atoms with E-state index in [1.165, 1.54) is 5.56 Å². The molecule has 0 radical (unpaired) electrons. The maximum atomic E-state index is 4.31. The summed E-state index contributed by atoms with van der Waals surface area (Å²) in [5, 5.41) is 12.0. The molecule has 0 unspecified atom stereocenters. The molecule has 2 rings (SSSR count). The fourth-order valence-corrected chi connectivity index (χ4v) is 1.88. The number of hydrogen-bond donors (Lipinski definition) is 1. The highest BCUT2D eigenvalue weighted by atomic mass is 15.3. The predicted molar refractivity (Wildman–Crippen MR) is 87.9 cm³/mol. The maximum Gasteiger partial charge on any atom is 0.155 e. The molecule has 0 aliphatic heterocycles. The van der Waals surface area contributed by atoms with Crippen LogP contribution in [0.3, 0.4) is 0 Å². The molecule has 0 aliphatic carbocycles. The SMILES string of the molecule is Cc1ccc(N(C)c2ccc(CNC(C)(C)C)nn2)cc1. The van der Waals surface area contributed by atoms with E-state index in [2.05, 4.69) is 67.5 Å². The molecular weight excluding hydrogens is 260 g/mol. The van der Waals surface area contributed by atoms with Crippen LogP contribution >= 0.6 is 0 Å². The lowest BCUT2D eigenvalue weighted by Crippen LogP contribution is -2.35. The van der Waals surface area contributed by atoms with Gasteiger partial charge in [-0.1, -0.05) is 17.7 Å². The van der Waals surface area contributed by atoms with E-state index in [4.69, 9.17) is 0 Å². The number of hydrogen-bond acceptors (Lipinski definition) is 4. The summed E-state index contributed by atoms with van der Waals surface area (Å²) in [5.74, 6) is 0.846. The van der Waals surface area contributed by atoms with Crippen LogP contribution in [0, 0.1) is 6.92 Å². The van der Waals surface area contributed by atoms with E-state index < -0.39 is 0 Å². The van der Waals surface area contributed by atoms with Gasteiger partial charge in [-0.05, 0) is 52.0 Å². The smallest absolute Gasteiger partial charge is 0.155 e. The van der Waals surface area contributed by atoms with Gasteiger partial charge in [0.1, 0.15) is 0 Å². The van der Waals surface area contributed by atoms with Crippen LogP contribution in [0.15, 0.2) is 36.4 Å². The molecule has 0 saturated heterocycles. The third-order valence-electron chi connectivity index (χ3n) is 3.27. The van der Waals surface area contributed by atoms with Crippen LogP contribution in [0.4, 0.5) is 11.5 Å². The number of anilines is 2. The third-order valence-corrected chi connectivity index (χ3v) is 3.27. The van der Waals surface area contributed by atoms with Gasteiger partial charge in [0.05, 0.1) is 5.69 Å². The van der Waals surface area contributed by atoms with Crippen molar-refractivity contribution >= 4 is 11.5 Å². The first-order valence-electron chi connectivity index (χ1n) is 7.23. The molecule has 1 aromatic heterocycles. The molecule has 1 N–H and O–H groups in total. The molecule has 1 heterocycles. The van der Waals surface area contributed by atoms with Gasteiger partial charge in [-0.25, -0.2) is 0 Å². The van der Waals surface area contributed by atoms with Crippen LogP contribution in [0.25, 0.3) is 0 Å². The monoisotopic (exact) mass is 284 g/mol. The Morgan fingerprint density at radius 1 is 1.00 bits per heavy atom. The van der Waals surface area contributed by atoms with Gasteiger partial charge in [0.2, 0.25) is 0 Å². The van der Waals surface area contributed by atoms with E-state index in [0.717, 1.165) is 23.7 Å². The second kappa shape index (κ2) is 6.22. The molecule has 4 heteroatoms. The molecule has 0 fully saturated rings. The highest BCUT2D eigenvalue weighted by Crippen LogP contribution is 2.21. The highest BCUT2D eigenvalue weighted by molar-refractivity contribution is 5.58. The van der Waals surface area contributed by atoms with Crippen LogP contribution in [0.1, 0.15) is 32.0 Å². The summed E-state index contributed by atoms with van der Waals surface area (Å²) >= 11 is 0. The second-order valence-electron chi connectivity index (χ2n) is 6.38. The van der Waals surface area contributed by atoms with Crippen molar-refractivity contribution in [1.82, 2.24) is 15.5 Å². The number of aryl methyl sites for hydroxylation is 1. The topological polar surface area (TPSA) is 41.0 Å². The summed E-state index contributed by atoms with van der Waals surface area (Å²) in [6, 6.07) is 12.4. The molecule has 1 aromatic carbocycles. The molecule has 0 aliphatic rings. The van der Waals surface area contributed by atoms with Gasteiger partial charge in [-0.15, -0.1) is 5.10 Å². The zero-order valence-corrected chi connectivity index (χ0v) is 13.5. The first-order chi connectivity index (χ1) is 9.85. The summed E-state index contributed by atoms with van der Waals surface area (Å²) in [5.41, 5.74) is 3.39. The number of nitrogens with one attached hydrogen (secondary N) is 1. The minimum absolute atomic E-state index is 0.0824. The molecule has 21 heavy (non-hydrogen) atoms. The number of nitrogens with zero attached hydrogens (tertiary/aromatic N) is 3. The molecule has 0 bridgehead atoms. The lowest BCUT2D eigenvalue weighted by Gasteiger charge is -2.21. The van der Waals surface area contributed by atoms with Crippen molar-refractivity contribution < 1.29 is 0 Å². The largest absolute Gasteiger partial charge is 0.328 e. The highest BCUT2D eigenvalue weighted by Gasteiger charge is 2.10. The van der Waals surface area contributed by atoms with Gasteiger partial charge in [-0.3, -0.25) is 0 Å². The normalized spacial score (nSPS) is 11.5. The first kappa shape index (κ1) is 15.4. The van der Waals surface area contributed by atoms with E-state index in [-0.39, 0.29) is 5.54 Å². The summed E-state index contributed by atoms with van der Waals surface area (Å²) in [6.07, 6.45) is 0. The van der Waals surface area contributed by atoms with Crippen molar-refractivity contribution in [2.24, 2.45) is 0 Å². The van der Waals surface area contributed by atoms with Gasteiger partial charge in [0, 0.05) is 24.8 Å². The molecule has 112 valence electrons. The molecule has 0 saturated carbocycles. The Balaban J connectivity index is 2.06. The lowest BCUT2D eigenvalue weighted by molar-refractivity contribution is 0.420. The average Bonchev–Trinajstić information content (AvgIpc) is 2.45. The van der Waals surface area contributed by atoms with E-state index in [0.29, 0.717) is 0 Å². The van der Waals surface area contributed by atoms with Crippen LogP contribution in [-0.2, 0) is 6.54 Å². The molecule has 4 nitrogen and oxygen atoms in total. The van der Waals surface area contributed by atoms with Crippen molar-refractivity contribution in [3.05, 3.63) is 47.7 Å². The lowest BCUT2D eigenvalue weighted by atomic mass is 10.1. The van der Waals surface area contributed by atoms with Gasteiger partial charge < -0.3 is 10.2 Å². The van der Waals surface area contributed by atoms with Gasteiger partial charge in [0.15, 0.2) is 5.82 Å². The van der Waals surface area contributed by atoms with Gasteiger partial charge in [-0.2, -0.15) is 5.10 Å². The Bertz CT molecular complexity index is 567. The fraction of sp³-hybridized carbons (Fsp3) is 0.412. The molecule has 0 spiro atoms. The van der Waals surface area contributed by atoms with Crippen molar-refractivity contribution in [3.63, 3.8) is 0 Å². The molecule has 0 amide bonds. The first-order valence-corrected chi connectivity index (χ1v) is 7.23. The Hall–Kier alpha value is -1.94. The molecular formula is C17H24N4. The Morgan fingerprint density at radius 3 is 2.19 bits per heavy atom.